The molecule has 17 heavy (non-hydrogen) atoms. The standard InChI is InChI=1S/C12H17N3O2/c1-3-10(11(13)15-17)14-12(16)9-6-4-8(2)5-7-9/h4-7,10,17H,3H2,1-2H3,(H2,13,15)(H,14,16). The van der Waals surface area contributed by atoms with E-state index in [9.17, 15) is 4.79 Å². The molecule has 0 heterocycles. The molecule has 0 bridgehead atoms. The third kappa shape index (κ3) is 3.48. The van der Waals surface area contributed by atoms with Crippen LogP contribution in [-0.4, -0.2) is 23.0 Å². The molecule has 0 aliphatic carbocycles. The van der Waals surface area contributed by atoms with Crippen LogP contribution in [0, 0.1) is 6.92 Å². The molecule has 1 aromatic rings. The Morgan fingerprint density at radius 1 is 1.47 bits per heavy atom. The van der Waals surface area contributed by atoms with Gasteiger partial charge in [0.1, 0.15) is 0 Å². The monoisotopic (exact) mass is 235 g/mol. The molecule has 4 N–H and O–H groups in total. The molecule has 1 aromatic carbocycles. The molecule has 0 spiro atoms. The molecule has 0 aromatic heterocycles. The molecular weight excluding hydrogens is 218 g/mol. The molecule has 5 heteroatoms. The van der Waals surface area contributed by atoms with Crippen LogP contribution in [0.1, 0.15) is 29.3 Å². The number of amides is 1. The number of hydrogen-bond donors (Lipinski definition) is 3. The van der Waals surface area contributed by atoms with E-state index in [1.54, 1.807) is 12.1 Å². The molecule has 1 rings (SSSR count). The summed E-state index contributed by atoms with van der Waals surface area (Å²) in [4.78, 5) is 11.8. The zero-order valence-electron chi connectivity index (χ0n) is 9.97. The fourth-order valence-corrected chi connectivity index (χ4v) is 1.40. The number of carbonyl (C=O) groups excluding carboxylic acids is 1. The minimum Gasteiger partial charge on any atom is -0.409 e. The number of rotatable bonds is 4. The Hall–Kier alpha value is -2.04. The van der Waals surface area contributed by atoms with Crippen LogP contribution in [-0.2, 0) is 0 Å². The predicted molar refractivity (Wildman–Crippen MR) is 66.1 cm³/mol. The van der Waals surface area contributed by atoms with Crippen LogP contribution in [0.15, 0.2) is 29.4 Å². The number of carbonyl (C=O) groups is 1. The lowest BCUT2D eigenvalue weighted by molar-refractivity contribution is 0.0945. The van der Waals surface area contributed by atoms with Crippen molar-refractivity contribution in [1.82, 2.24) is 5.32 Å². The maximum absolute atomic E-state index is 11.8. The second-order valence-corrected chi connectivity index (χ2v) is 3.83. The van der Waals surface area contributed by atoms with E-state index in [0.29, 0.717) is 12.0 Å². The van der Waals surface area contributed by atoms with Crippen molar-refractivity contribution >= 4 is 11.7 Å². The fraction of sp³-hybridized carbons (Fsp3) is 0.333. The van der Waals surface area contributed by atoms with E-state index in [1.165, 1.54) is 0 Å². The Balaban J connectivity index is 2.74. The van der Waals surface area contributed by atoms with Crippen LogP contribution >= 0.6 is 0 Å². The van der Waals surface area contributed by atoms with Gasteiger partial charge in [0.05, 0.1) is 6.04 Å². The summed E-state index contributed by atoms with van der Waals surface area (Å²) < 4.78 is 0. The number of oxime groups is 1. The highest BCUT2D eigenvalue weighted by Gasteiger charge is 2.15. The maximum atomic E-state index is 11.8. The van der Waals surface area contributed by atoms with E-state index < -0.39 is 6.04 Å². The first-order valence-corrected chi connectivity index (χ1v) is 5.43. The zero-order valence-corrected chi connectivity index (χ0v) is 9.97. The lowest BCUT2D eigenvalue weighted by Gasteiger charge is -2.15. The van der Waals surface area contributed by atoms with Crippen molar-refractivity contribution in [3.8, 4) is 0 Å². The largest absolute Gasteiger partial charge is 0.409 e. The van der Waals surface area contributed by atoms with Crippen LogP contribution in [0.25, 0.3) is 0 Å². The first-order valence-electron chi connectivity index (χ1n) is 5.43. The van der Waals surface area contributed by atoms with Crippen LogP contribution in [0.5, 0.6) is 0 Å². The molecule has 0 saturated carbocycles. The van der Waals surface area contributed by atoms with Gasteiger partial charge in [-0.25, -0.2) is 0 Å². The third-order valence-electron chi connectivity index (χ3n) is 2.50. The normalized spacial score (nSPS) is 13.2. The second kappa shape index (κ2) is 5.89. The highest BCUT2D eigenvalue weighted by Crippen LogP contribution is 2.04. The first kappa shape index (κ1) is 13.0. The minimum absolute atomic E-state index is 0.00737. The van der Waals surface area contributed by atoms with Crippen molar-refractivity contribution in [2.75, 3.05) is 0 Å². The molecule has 5 nitrogen and oxygen atoms in total. The van der Waals surface area contributed by atoms with Gasteiger partial charge < -0.3 is 16.3 Å². The quantitative estimate of drug-likeness (QED) is 0.317. The number of nitrogens with two attached hydrogens (primary N) is 1. The SMILES string of the molecule is CCC(NC(=O)c1ccc(C)cc1)/C(N)=N/O. The first-order chi connectivity index (χ1) is 8.08. The molecule has 1 atom stereocenters. The Morgan fingerprint density at radius 3 is 2.53 bits per heavy atom. The number of nitrogens with one attached hydrogen (secondary N) is 1. The minimum atomic E-state index is -0.450. The van der Waals surface area contributed by atoms with Crippen LogP contribution in [0.4, 0.5) is 0 Å². The molecule has 0 radical (unpaired) electrons. The summed E-state index contributed by atoms with van der Waals surface area (Å²) in [6.07, 6.45) is 0.563. The number of hydrogen-bond acceptors (Lipinski definition) is 3. The summed E-state index contributed by atoms with van der Waals surface area (Å²) in [5.74, 6) is -0.226. The topological polar surface area (TPSA) is 87.7 Å². The summed E-state index contributed by atoms with van der Waals surface area (Å²) in [5, 5.41) is 14.2. The van der Waals surface area contributed by atoms with Gasteiger partial charge in [-0.15, -0.1) is 0 Å². The van der Waals surface area contributed by atoms with Crippen LogP contribution in [0.2, 0.25) is 0 Å². The smallest absolute Gasteiger partial charge is 0.251 e. The van der Waals surface area contributed by atoms with Gasteiger partial charge in [0, 0.05) is 5.56 Å². The summed E-state index contributed by atoms with van der Waals surface area (Å²) in [7, 11) is 0. The third-order valence-corrected chi connectivity index (χ3v) is 2.50. The Morgan fingerprint density at radius 2 is 2.06 bits per heavy atom. The Bertz CT molecular complexity index is 412. The Kier molecular flexibility index (Phi) is 4.51. The highest BCUT2D eigenvalue weighted by molar-refractivity contribution is 5.98. The van der Waals surface area contributed by atoms with Gasteiger partial charge in [-0.3, -0.25) is 4.79 Å². The van der Waals surface area contributed by atoms with E-state index in [-0.39, 0.29) is 11.7 Å². The zero-order chi connectivity index (χ0) is 12.8. The van der Waals surface area contributed by atoms with E-state index in [1.807, 2.05) is 26.0 Å². The number of nitrogens with zero attached hydrogens (tertiary/aromatic N) is 1. The molecule has 0 aliphatic heterocycles. The molecule has 1 unspecified atom stereocenters. The summed E-state index contributed by atoms with van der Waals surface area (Å²) in [6, 6.07) is 6.75. The van der Waals surface area contributed by atoms with Gasteiger partial charge in [-0.2, -0.15) is 0 Å². The van der Waals surface area contributed by atoms with Gasteiger partial charge in [-0.05, 0) is 25.5 Å². The summed E-state index contributed by atoms with van der Waals surface area (Å²) >= 11 is 0. The average Bonchev–Trinajstić information content (AvgIpc) is 2.35. The van der Waals surface area contributed by atoms with E-state index in [4.69, 9.17) is 10.9 Å². The second-order valence-electron chi connectivity index (χ2n) is 3.83. The fourth-order valence-electron chi connectivity index (χ4n) is 1.40. The van der Waals surface area contributed by atoms with Gasteiger partial charge in [-0.1, -0.05) is 29.8 Å². The lowest BCUT2D eigenvalue weighted by Crippen LogP contribution is -2.44. The van der Waals surface area contributed by atoms with Crippen molar-refractivity contribution in [3.63, 3.8) is 0 Å². The molecule has 0 saturated heterocycles. The maximum Gasteiger partial charge on any atom is 0.251 e. The van der Waals surface area contributed by atoms with Crippen molar-refractivity contribution in [3.05, 3.63) is 35.4 Å². The number of amidine groups is 1. The van der Waals surface area contributed by atoms with E-state index >= 15 is 0 Å². The van der Waals surface area contributed by atoms with Crippen molar-refractivity contribution < 1.29 is 10.0 Å². The molecular formula is C12H17N3O2. The molecule has 92 valence electrons. The molecule has 1 amide bonds. The molecule has 0 aliphatic rings. The molecule has 0 fully saturated rings. The van der Waals surface area contributed by atoms with Crippen molar-refractivity contribution in [2.45, 2.75) is 26.3 Å². The Labute approximate surface area is 100 Å². The highest BCUT2D eigenvalue weighted by atomic mass is 16.4. The summed E-state index contributed by atoms with van der Waals surface area (Å²) in [5.41, 5.74) is 7.11. The van der Waals surface area contributed by atoms with Gasteiger partial charge in [0.25, 0.3) is 5.91 Å². The van der Waals surface area contributed by atoms with Gasteiger partial charge >= 0.3 is 0 Å². The van der Waals surface area contributed by atoms with Crippen LogP contribution in [0.3, 0.4) is 0 Å². The van der Waals surface area contributed by atoms with E-state index in [0.717, 1.165) is 5.56 Å². The van der Waals surface area contributed by atoms with Crippen LogP contribution < -0.4 is 11.1 Å². The lowest BCUT2D eigenvalue weighted by atomic mass is 10.1. The average molecular weight is 235 g/mol. The van der Waals surface area contributed by atoms with Gasteiger partial charge in [0.2, 0.25) is 0 Å². The van der Waals surface area contributed by atoms with Gasteiger partial charge in [0.15, 0.2) is 5.84 Å². The van der Waals surface area contributed by atoms with Crippen molar-refractivity contribution in [1.29, 1.82) is 0 Å². The number of benzene rings is 1. The summed E-state index contributed by atoms with van der Waals surface area (Å²) in [6.45, 7) is 3.80. The van der Waals surface area contributed by atoms with Crippen molar-refractivity contribution in [2.24, 2.45) is 10.9 Å². The van der Waals surface area contributed by atoms with E-state index in [2.05, 4.69) is 10.5 Å². The number of aryl methyl sites for hydroxylation is 1. The predicted octanol–water partition coefficient (Wildman–Crippen LogP) is 1.25.